The first-order valence-electron chi connectivity index (χ1n) is 6.40. The SMILES string of the molecule is C/C(=N/c1nc2cc([N+](=O)[O-])ccc2s1)c1ccc([O-])cc1.[K+]. The maximum atomic E-state index is 11.1. The molecule has 8 heteroatoms. The zero-order chi connectivity index (χ0) is 15.7. The fourth-order valence-corrected chi connectivity index (χ4v) is 2.84. The van der Waals surface area contributed by atoms with Gasteiger partial charge in [-0.05, 0) is 18.6 Å². The van der Waals surface area contributed by atoms with Crippen molar-refractivity contribution >= 4 is 38.1 Å². The second-order valence-electron chi connectivity index (χ2n) is 4.63. The van der Waals surface area contributed by atoms with Gasteiger partial charge in [-0.3, -0.25) is 10.1 Å². The quantitative estimate of drug-likeness (QED) is 0.296. The van der Waals surface area contributed by atoms with Gasteiger partial charge in [-0.25, -0.2) is 9.98 Å². The van der Waals surface area contributed by atoms with Crippen LogP contribution in [0.1, 0.15) is 12.5 Å². The standard InChI is InChI=1S/C15H11N3O3S.K/c1-9(10-2-5-12(19)6-3-10)16-15-17-13-8-11(18(20)21)4-7-14(13)22-15;/h2-8,19H,1H3;/q;+1/p-1/b16-9-;. The average molecular weight is 351 g/mol. The fourth-order valence-electron chi connectivity index (χ4n) is 1.97. The Morgan fingerprint density at radius 1 is 1.22 bits per heavy atom. The van der Waals surface area contributed by atoms with Crippen molar-refractivity contribution in [2.45, 2.75) is 6.92 Å². The summed E-state index contributed by atoms with van der Waals surface area (Å²) in [4.78, 5) is 19.0. The molecule has 0 N–H and O–H groups in total. The molecule has 0 bridgehead atoms. The third-order valence-electron chi connectivity index (χ3n) is 3.11. The molecular formula is C15H10KN3O3S. The zero-order valence-corrected chi connectivity index (χ0v) is 16.5. The Morgan fingerprint density at radius 3 is 2.57 bits per heavy atom. The van der Waals surface area contributed by atoms with Crippen LogP contribution in [0.5, 0.6) is 5.75 Å². The normalized spacial score (nSPS) is 11.3. The van der Waals surface area contributed by atoms with E-state index in [4.69, 9.17) is 0 Å². The van der Waals surface area contributed by atoms with Crippen LogP contribution in [-0.4, -0.2) is 15.6 Å². The number of fused-ring (bicyclic) bond motifs is 1. The maximum Gasteiger partial charge on any atom is 1.00 e. The molecular weight excluding hydrogens is 341 g/mol. The Hall–Kier alpha value is -1.16. The topological polar surface area (TPSA) is 91.5 Å². The molecule has 1 aromatic heterocycles. The molecule has 2 aromatic carbocycles. The number of aliphatic imine (C=N–C) groups is 1. The molecule has 0 aliphatic carbocycles. The van der Waals surface area contributed by atoms with Crippen molar-refractivity contribution in [1.29, 1.82) is 0 Å². The van der Waals surface area contributed by atoms with Crippen molar-refractivity contribution in [1.82, 2.24) is 4.98 Å². The molecule has 0 amide bonds. The molecule has 6 nitrogen and oxygen atoms in total. The predicted molar refractivity (Wildman–Crippen MR) is 84.0 cm³/mol. The van der Waals surface area contributed by atoms with Crippen molar-refractivity contribution in [3.63, 3.8) is 0 Å². The molecule has 0 fully saturated rings. The molecule has 0 unspecified atom stereocenters. The molecule has 3 aromatic rings. The van der Waals surface area contributed by atoms with Crippen LogP contribution < -0.4 is 56.5 Å². The minimum Gasteiger partial charge on any atom is -0.872 e. The van der Waals surface area contributed by atoms with E-state index >= 15 is 0 Å². The summed E-state index contributed by atoms with van der Waals surface area (Å²) in [7, 11) is 0. The second-order valence-corrected chi connectivity index (χ2v) is 5.64. The number of thiazole rings is 1. The van der Waals surface area contributed by atoms with E-state index in [9.17, 15) is 15.2 Å². The van der Waals surface area contributed by atoms with Gasteiger partial charge in [0.1, 0.15) is 0 Å². The van der Waals surface area contributed by atoms with Gasteiger partial charge in [-0.1, -0.05) is 35.6 Å². The fraction of sp³-hybridized carbons (Fsp3) is 0.0667. The van der Waals surface area contributed by atoms with Crippen LogP contribution in [0.4, 0.5) is 10.8 Å². The molecule has 0 radical (unpaired) electrons. The van der Waals surface area contributed by atoms with Crippen LogP contribution in [0.3, 0.4) is 0 Å². The smallest absolute Gasteiger partial charge is 0.872 e. The number of aromatic nitrogens is 1. The first-order chi connectivity index (χ1) is 10.5. The van der Waals surface area contributed by atoms with Crippen LogP contribution in [0.25, 0.3) is 10.2 Å². The van der Waals surface area contributed by atoms with Crippen LogP contribution in [0, 0.1) is 10.1 Å². The van der Waals surface area contributed by atoms with Crippen molar-refractivity contribution in [3.05, 3.63) is 58.1 Å². The first kappa shape index (κ1) is 18.2. The number of non-ortho nitro benzene ring substituents is 1. The summed E-state index contributed by atoms with van der Waals surface area (Å²) >= 11 is 1.36. The molecule has 0 saturated heterocycles. The molecule has 0 atom stereocenters. The number of hydrogen-bond acceptors (Lipinski definition) is 6. The summed E-state index contributed by atoms with van der Waals surface area (Å²) in [6.07, 6.45) is 0. The van der Waals surface area contributed by atoms with Gasteiger partial charge in [0.05, 0.1) is 15.1 Å². The summed E-state index contributed by atoms with van der Waals surface area (Å²) < 4.78 is 0.840. The summed E-state index contributed by atoms with van der Waals surface area (Å²) in [5, 5.41) is 22.4. The number of rotatable bonds is 3. The number of benzene rings is 2. The summed E-state index contributed by atoms with van der Waals surface area (Å²) in [5.41, 5.74) is 2.13. The van der Waals surface area contributed by atoms with E-state index in [0.29, 0.717) is 10.6 Å². The van der Waals surface area contributed by atoms with Gasteiger partial charge >= 0.3 is 51.4 Å². The maximum absolute atomic E-state index is 11.1. The van der Waals surface area contributed by atoms with Crippen LogP contribution in [-0.2, 0) is 0 Å². The van der Waals surface area contributed by atoms with Gasteiger partial charge < -0.3 is 5.11 Å². The van der Waals surface area contributed by atoms with Gasteiger partial charge in [0.15, 0.2) is 0 Å². The largest absolute Gasteiger partial charge is 1.00 e. The summed E-state index contributed by atoms with van der Waals surface area (Å²) in [6, 6.07) is 10.9. The Kier molecular flexibility index (Phi) is 6.01. The van der Waals surface area contributed by atoms with Crippen LogP contribution >= 0.6 is 11.3 Å². The molecule has 0 aliphatic heterocycles. The van der Waals surface area contributed by atoms with Gasteiger partial charge in [-0.15, -0.1) is 5.75 Å². The van der Waals surface area contributed by atoms with Gasteiger partial charge in [-0.2, -0.15) is 0 Å². The van der Waals surface area contributed by atoms with E-state index in [1.165, 1.54) is 35.6 Å². The number of nitro groups is 1. The molecule has 1 heterocycles. The Labute approximate surface area is 178 Å². The van der Waals surface area contributed by atoms with Gasteiger partial charge in [0, 0.05) is 17.8 Å². The van der Waals surface area contributed by atoms with Crippen molar-refractivity contribution in [3.8, 4) is 5.75 Å². The van der Waals surface area contributed by atoms with E-state index in [1.807, 2.05) is 6.92 Å². The zero-order valence-electron chi connectivity index (χ0n) is 12.5. The number of hydrogen-bond donors (Lipinski definition) is 0. The average Bonchev–Trinajstić information content (AvgIpc) is 2.88. The molecule has 110 valence electrons. The minimum absolute atomic E-state index is 0. The monoisotopic (exact) mass is 351 g/mol. The number of nitrogens with zero attached hydrogens (tertiary/aromatic N) is 3. The first-order valence-corrected chi connectivity index (χ1v) is 7.22. The molecule has 0 aliphatic rings. The van der Waals surface area contributed by atoms with Crippen LogP contribution in [0.2, 0.25) is 0 Å². The van der Waals surface area contributed by atoms with Gasteiger partial charge in [0.25, 0.3) is 5.69 Å². The van der Waals surface area contributed by atoms with E-state index in [0.717, 1.165) is 16.0 Å². The van der Waals surface area contributed by atoms with Crippen molar-refractivity contribution in [2.75, 3.05) is 0 Å². The van der Waals surface area contributed by atoms with E-state index in [1.54, 1.807) is 18.2 Å². The van der Waals surface area contributed by atoms with E-state index < -0.39 is 4.92 Å². The Bertz CT molecular complexity index is 891. The van der Waals surface area contributed by atoms with Crippen molar-refractivity contribution in [2.24, 2.45) is 4.99 Å². The summed E-state index contributed by atoms with van der Waals surface area (Å²) in [5.74, 6) is -0.0520. The van der Waals surface area contributed by atoms with E-state index in [-0.39, 0.29) is 62.8 Å². The Morgan fingerprint density at radius 2 is 1.91 bits per heavy atom. The third kappa shape index (κ3) is 4.22. The molecule has 3 rings (SSSR count). The van der Waals surface area contributed by atoms with Crippen LogP contribution in [0.15, 0.2) is 47.5 Å². The molecule has 23 heavy (non-hydrogen) atoms. The van der Waals surface area contributed by atoms with E-state index in [2.05, 4.69) is 9.98 Å². The number of nitro benzene ring substituents is 1. The summed E-state index contributed by atoms with van der Waals surface area (Å²) in [6.45, 7) is 1.83. The second kappa shape index (κ2) is 7.60. The minimum atomic E-state index is -0.447. The predicted octanol–water partition coefficient (Wildman–Crippen LogP) is 0.423. The van der Waals surface area contributed by atoms with Gasteiger partial charge in [0.2, 0.25) is 5.13 Å². The van der Waals surface area contributed by atoms with Crippen molar-refractivity contribution < 1.29 is 61.4 Å². The third-order valence-corrected chi connectivity index (χ3v) is 4.04. The Balaban J connectivity index is 0.00000192. The molecule has 0 spiro atoms. The molecule has 0 saturated carbocycles.